The van der Waals surface area contributed by atoms with E-state index < -0.39 is 5.82 Å². The molecule has 0 atom stereocenters. The molecule has 0 spiro atoms. The molecule has 0 radical (unpaired) electrons. The van der Waals surface area contributed by atoms with Gasteiger partial charge in [-0.3, -0.25) is 4.79 Å². The number of para-hydroxylation sites is 2. The molecule has 1 amide bonds. The molecule has 1 heterocycles. The van der Waals surface area contributed by atoms with E-state index in [4.69, 9.17) is 0 Å². The fourth-order valence-electron chi connectivity index (χ4n) is 2.38. The Morgan fingerprint density at radius 2 is 1.77 bits per heavy atom. The third-order valence-electron chi connectivity index (χ3n) is 3.73. The van der Waals surface area contributed by atoms with E-state index in [1.54, 1.807) is 12.1 Å². The SMILES string of the molecule is CC(C)(C)c1nc(SCC(=O)Nc2ccccc2F)c2ccccc2n1. The average Bonchev–Trinajstić information content (AvgIpc) is 2.60. The second-order valence-corrected chi connectivity index (χ2v) is 7.90. The molecule has 0 aliphatic heterocycles. The first kappa shape index (κ1) is 18.3. The van der Waals surface area contributed by atoms with Gasteiger partial charge < -0.3 is 5.32 Å². The van der Waals surface area contributed by atoms with Gasteiger partial charge in [0.15, 0.2) is 0 Å². The number of benzene rings is 2. The predicted molar refractivity (Wildman–Crippen MR) is 104 cm³/mol. The maximum absolute atomic E-state index is 13.7. The number of halogens is 1. The summed E-state index contributed by atoms with van der Waals surface area (Å²) < 4.78 is 13.7. The molecule has 1 N–H and O–H groups in total. The van der Waals surface area contributed by atoms with Crippen molar-refractivity contribution in [1.29, 1.82) is 0 Å². The Morgan fingerprint density at radius 1 is 1.08 bits per heavy atom. The number of anilines is 1. The lowest BCUT2D eigenvalue weighted by Crippen LogP contribution is -2.17. The molecule has 0 saturated heterocycles. The predicted octanol–water partition coefficient (Wildman–Crippen LogP) is 4.80. The van der Waals surface area contributed by atoms with Gasteiger partial charge in [0.1, 0.15) is 16.7 Å². The summed E-state index contributed by atoms with van der Waals surface area (Å²) >= 11 is 1.33. The first-order valence-electron chi connectivity index (χ1n) is 8.29. The molecule has 4 nitrogen and oxygen atoms in total. The van der Waals surface area contributed by atoms with Crippen molar-refractivity contribution in [2.45, 2.75) is 31.2 Å². The van der Waals surface area contributed by atoms with Crippen LogP contribution in [0.3, 0.4) is 0 Å². The largest absolute Gasteiger partial charge is 0.323 e. The first-order chi connectivity index (χ1) is 12.3. The third-order valence-corrected chi connectivity index (χ3v) is 4.72. The van der Waals surface area contributed by atoms with E-state index in [2.05, 4.69) is 36.1 Å². The third kappa shape index (κ3) is 4.19. The lowest BCUT2D eigenvalue weighted by Gasteiger charge is -2.18. The number of nitrogens with zero attached hydrogens (tertiary/aromatic N) is 2. The van der Waals surface area contributed by atoms with Crippen molar-refractivity contribution in [3.63, 3.8) is 0 Å². The van der Waals surface area contributed by atoms with Crippen LogP contribution in [0.4, 0.5) is 10.1 Å². The zero-order chi connectivity index (χ0) is 18.7. The zero-order valence-corrected chi connectivity index (χ0v) is 15.7. The van der Waals surface area contributed by atoms with Crippen molar-refractivity contribution >= 4 is 34.3 Å². The number of hydrogen-bond donors (Lipinski definition) is 1. The maximum atomic E-state index is 13.7. The molecule has 1 aromatic heterocycles. The lowest BCUT2D eigenvalue weighted by molar-refractivity contribution is -0.113. The number of aromatic nitrogens is 2. The van der Waals surface area contributed by atoms with E-state index in [-0.39, 0.29) is 22.8 Å². The number of carbonyl (C=O) groups excluding carboxylic acids is 1. The van der Waals surface area contributed by atoms with Gasteiger partial charge in [0.25, 0.3) is 0 Å². The Hall–Kier alpha value is -2.47. The van der Waals surface area contributed by atoms with Crippen LogP contribution in [0, 0.1) is 5.82 Å². The molecule has 3 rings (SSSR count). The minimum atomic E-state index is -0.451. The molecular weight excluding hydrogens is 349 g/mol. The summed E-state index contributed by atoms with van der Waals surface area (Å²) in [6, 6.07) is 13.9. The van der Waals surface area contributed by atoms with Gasteiger partial charge in [-0.2, -0.15) is 0 Å². The van der Waals surface area contributed by atoms with Crippen LogP contribution in [0.15, 0.2) is 53.6 Å². The number of nitrogens with one attached hydrogen (secondary N) is 1. The molecule has 26 heavy (non-hydrogen) atoms. The van der Waals surface area contributed by atoms with E-state index >= 15 is 0 Å². The molecule has 6 heteroatoms. The number of rotatable bonds is 4. The highest BCUT2D eigenvalue weighted by Crippen LogP contribution is 2.29. The maximum Gasteiger partial charge on any atom is 0.234 e. The van der Waals surface area contributed by atoms with Gasteiger partial charge in [0.2, 0.25) is 5.91 Å². The summed E-state index contributed by atoms with van der Waals surface area (Å²) in [4.78, 5) is 21.5. The van der Waals surface area contributed by atoms with E-state index in [0.29, 0.717) is 0 Å². The van der Waals surface area contributed by atoms with E-state index in [1.165, 1.54) is 23.9 Å². The Morgan fingerprint density at radius 3 is 2.50 bits per heavy atom. The van der Waals surface area contributed by atoms with Gasteiger partial charge in [-0.25, -0.2) is 14.4 Å². The Kier molecular flexibility index (Phi) is 5.23. The molecule has 3 aromatic rings. The molecule has 134 valence electrons. The second kappa shape index (κ2) is 7.41. The topological polar surface area (TPSA) is 54.9 Å². The van der Waals surface area contributed by atoms with Crippen LogP contribution in [0.25, 0.3) is 10.9 Å². The van der Waals surface area contributed by atoms with Crippen molar-refractivity contribution in [3.8, 4) is 0 Å². The highest BCUT2D eigenvalue weighted by Gasteiger charge is 2.20. The van der Waals surface area contributed by atoms with Gasteiger partial charge in [-0.1, -0.05) is 62.9 Å². The minimum absolute atomic E-state index is 0.138. The van der Waals surface area contributed by atoms with Crippen LogP contribution in [-0.4, -0.2) is 21.6 Å². The normalized spacial score (nSPS) is 11.5. The van der Waals surface area contributed by atoms with E-state index in [9.17, 15) is 9.18 Å². The molecule has 0 fully saturated rings. The Bertz CT molecular complexity index is 953. The van der Waals surface area contributed by atoms with E-state index in [0.717, 1.165) is 21.8 Å². The second-order valence-electron chi connectivity index (χ2n) is 6.94. The van der Waals surface area contributed by atoms with Gasteiger partial charge in [0.05, 0.1) is 17.0 Å². The van der Waals surface area contributed by atoms with Crippen molar-refractivity contribution in [2.75, 3.05) is 11.1 Å². The monoisotopic (exact) mass is 369 g/mol. The number of thioether (sulfide) groups is 1. The number of amides is 1. The zero-order valence-electron chi connectivity index (χ0n) is 14.9. The molecule has 0 saturated carbocycles. The van der Waals surface area contributed by atoms with Crippen LogP contribution in [0.5, 0.6) is 0 Å². The molecular formula is C20H20FN3OS. The van der Waals surface area contributed by atoms with Crippen LogP contribution in [0.1, 0.15) is 26.6 Å². The minimum Gasteiger partial charge on any atom is -0.323 e. The summed E-state index contributed by atoms with van der Waals surface area (Å²) in [6.07, 6.45) is 0. The molecule has 0 aliphatic rings. The summed E-state index contributed by atoms with van der Waals surface area (Å²) in [5.74, 6) is 0.139. The summed E-state index contributed by atoms with van der Waals surface area (Å²) in [5, 5.41) is 4.26. The van der Waals surface area contributed by atoms with Crippen LogP contribution in [-0.2, 0) is 10.2 Å². The fraction of sp³-hybridized carbons (Fsp3) is 0.250. The van der Waals surface area contributed by atoms with Crippen molar-refractivity contribution < 1.29 is 9.18 Å². The summed E-state index contributed by atoms with van der Waals surface area (Å²) in [6.45, 7) is 6.16. The van der Waals surface area contributed by atoms with Gasteiger partial charge in [0, 0.05) is 10.8 Å². The molecule has 0 aliphatic carbocycles. The molecule has 0 bridgehead atoms. The number of fused-ring (bicyclic) bond motifs is 1. The first-order valence-corrected chi connectivity index (χ1v) is 9.27. The standard InChI is InChI=1S/C20H20FN3OS/c1-20(2,3)19-23-15-10-6-4-8-13(15)18(24-19)26-12-17(25)22-16-11-7-5-9-14(16)21/h4-11H,12H2,1-3H3,(H,22,25). The Labute approximate surface area is 156 Å². The van der Waals surface area contributed by atoms with Gasteiger partial charge in [-0.05, 0) is 18.2 Å². The quantitative estimate of drug-likeness (QED) is 0.530. The highest BCUT2D eigenvalue weighted by molar-refractivity contribution is 8.00. The summed E-state index contributed by atoms with van der Waals surface area (Å²) in [7, 11) is 0. The highest BCUT2D eigenvalue weighted by atomic mass is 32.2. The lowest BCUT2D eigenvalue weighted by atomic mass is 9.95. The Balaban J connectivity index is 1.82. The van der Waals surface area contributed by atoms with Gasteiger partial charge >= 0.3 is 0 Å². The fourth-order valence-corrected chi connectivity index (χ4v) is 3.19. The molecule has 0 unspecified atom stereocenters. The van der Waals surface area contributed by atoms with E-state index in [1.807, 2.05) is 24.3 Å². The van der Waals surface area contributed by atoms with Crippen LogP contribution in [0.2, 0.25) is 0 Å². The number of hydrogen-bond acceptors (Lipinski definition) is 4. The number of carbonyl (C=O) groups is 1. The smallest absolute Gasteiger partial charge is 0.234 e. The van der Waals surface area contributed by atoms with Crippen molar-refractivity contribution in [2.24, 2.45) is 0 Å². The average molecular weight is 369 g/mol. The van der Waals surface area contributed by atoms with Gasteiger partial charge in [-0.15, -0.1) is 0 Å². The van der Waals surface area contributed by atoms with Crippen molar-refractivity contribution in [3.05, 3.63) is 60.2 Å². The van der Waals surface area contributed by atoms with Crippen molar-refractivity contribution in [1.82, 2.24) is 9.97 Å². The summed E-state index contributed by atoms with van der Waals surface area (Å²) in [5.41, 5.74) is 0.833. The van der Waals surface area contributed by atoms with Crippen LogP contribution >= 0.6 is 11.8 Å². The molecule has 2 aromatic carbocycles. The van der Waals surface area contributed by atoms with Crippen LogP contribution < -0.4 is 5.32 Å².